The van der Waals surface area contributed by atoms with E-state index in [4.69, 9.17) is 0 Å². The molecule has 24 heavy (non-hydrogen) atoms. The average Bonchev–Trinajstić information content (AvgIpc) is 2.95. The normalized spacial score (nSPS) is 11.0. The highest BCUT2D eigenvalue weighted by Crippen LogP contribution is 2.17. The molecular weight excluding hydrogens is 318 g/mol. The molecule has 1 aromatic heterocycles. The number of benzene rings is 2. The van der Waals surface area contributed by atoms with Gasteiger partial charge in [-0.3, -0.25) is 4.79 Å². The lowest BCUT2D eigenvalue weighted by atomic mass is 10.1. The first-order valence-electron chi connectivity index (χ1n) is 7.45. The number of para-hydroxylation sites is 2. The van der Waals surface area contributed by atoms with Gasteiger partial charge in [0.15, 0.2) is 5.82 Å². The predicted octanol–water partition coefficient (Wildman–Crippen LogP) is 4.67. The van der Waals surface area contributed by atoms with Crippen LogP contribution in [0.1, 0.15) is 16.2 Å². The lowest BCUT2D eigenvalue weighted by molar-refractivity contribution is 0.103. The first-order valence-corrected chi connectivity index (χ1v) is 8.33. The van der Waals surface area contributed by atoms with E-state index in [0.717, 1.165) is 22.3 Å². The Hall–Kier alpha value is -2.79. The second-order valence-electron chi connectivity index (χ2n) is 5.19. The van der Waals surface area contributed by atoms with E-state index < -0.39 is 0 Å². The van der Waals surface area contributed by atoms with Gasteiger partial charge in [-0.15, -0.1) is 0 Å². The summed E-state index contributed by atoms with van der Waals surface area (Å²) in [6.07, 6.45) is 3.35. The minimum absolute atomic E-state index is 0.118. The van der Waals surface area contributed by atoms with E-state index in [1.807, 2.05) is 60.1 Å². The fourth-order valence-corrected chi connectivity index (χ4v) is 2.77. The molecule has 0 bridgehead atoms. The molecule has 120 valence electrons. The monoisotopic (exact) mass is 335 g/mol. The Morgan fingerprint density at radius 3 is 2.88 bits per heavy atom. The summed E-state index contributed by atoms with van der Waals surface area (Å²) in [6, 6.07) is 15.5. The summed E-state index contributed by atoms with van der Waals surface area (Å²) >= 11 is 1.41. The van der Waals surface area contributed by atoms with Crippen molar-refractivity contribution < 1.29 is 4.79 Å². The lowest BCUT2D eigenvalue weighted by Crippen LogP contribution is -2.04. The van der Waals surface area contributed by atoms with Gasteiger partial charge >= 0.3 is 0 Å². The first-order chi connectivity index (χ1) is 11.7. The van der Waals surface area contributed by atoms with E-state index in [1.54, 1.807) is 17.6 Å². The van der Waals surface area contributed by atoms with Gasteiger partial charge in [-0.1, -0.05) is 36.9 Å². The van der Waals surface area contributed by atoms with Crippen LogP contribution in [0.3, 0.4) is 0 Å². The van der Waals surface area contributed by atoms with Crippen LogP contribution in [0, 0.1) is 0 Å². The molecule has 0 atom stereocenters. The molecule has 0 amide bonds. The van der Waals surface area contributed by atoms with Gasteiger partial charge in [0.2, 0.25) is 5.78 Å². The van der Waals surface area contributed by atoms with E-state index in [1.165, 1.54) is 11.9 Å². The number of fused-ring (bicyclic) bond motifs is 1. The number of aryl methyl sites for hydroxylation is 1. The number of hydrogen-bond acceptors (Lipinski definition) is 4. The number of rotatable bonds is 6. The summed E-state index contributed by atoms with van der Waals surface area (Å²) in [6.45, 7) is 3.65. The molecule has 5 heteroatoms. The van der Waals surface area contributed by atoms with Gasteiger partial charge in [0, 0.05) is 12.7 Å². The van der Waals surface area contributed by atoms with Crippen molar-refractivity contribution in [3.63, 3.8) is 0 Å². The third-order valence-electron chi connectivity index (χ3n) is 3.58. The maximum absolute atomic E-state index is 12.5. The molecule has 0 aliphatic rings. The van der Waals surface area contributed by atoms with E-state index in [-0.39, 0.29) is 5.78 Å². The summed E-state index contributed by atoms with van der Waals surface area (Å²) in [5.41, 5.74) is 3.67. The summed E-state index contributed by atoms with van der Waals surface area (Å²) in [5.74, 6) is 0.316. The van der Waals surface area contributed by atoms with Crippen LogP contribution in [0.2, 0.25) is 0 Å². The van der Waals surface area contributed by atoms with Crippen molar-refractivity contribution in [1.29, 1.82) is 0 Å². The third-order valence-corrected chi connectivity index (χ3v) is 4.10. The molecule has 3 rings (SSSR count). The molecule has 0 saturated heterocycles. The maximum atomic E-state index is 12.5. The summed E-state index contributed by atoms with van der Waals surface area (Å²) in [5, 5.41) is 1.72. The molecule has 0 aliphatic carbocycles. The molecule has 3 aromatic rings. The highest BCUT2D eigenvalue weighted by Gasteiger charge is 2.12. The molecular formula is C19H17N3OS. The van der Waals surface area contributed by atoms with Gasteiger partial charge in [0.25, 0.3) is 0 Å². The molecule has 0 radical (unpaired) electrons. The largest absolute Gasteiger partial charge is 0.326 e. The number of ketones is 1. The number of imidazole rings is 1. The second kappa shape index (κ2) is 7.19. The average molecular weight is 335 g/mol. The molecule has 4 nitrogen and oxygen atoms in total. The highest BCUT2D eigenvalue weighted by atomic mass is 32.2. The van der Waals surface area contributed by atoms with Crippen molar-refractivity contribution in [3.05, 3.63) is 78.0 Å². The fraction of sp³-hybridized carbons (Fsp3) is 0.0526. The van der Waals surface area contributed by atoms with Crippen LogP contribution < -0.4 is 4.72 Å². The Balaban J connectivity index is 1.82. The van der Waals surface area contributed by atoms with Gasteiger partial charge in [-0.05, 0) is 53.3 Å². The van der Waals surface area contributed by atoms with Crippen LogP contribution in [-0.4, -0.2) is 15.3 Å². The number of nitrogens with one attached hydrogen (secondary N) is 1. The Labute approximate surface area is 145 Å². The standard InChI is InChI=1S/C19H17N3OS/c1-3-24-21-15-8-6-7-14(13-15)11-12-18(23)19-20-16-9-4-5-10-17(16)22(19)2/h3-13,21H,1H2,2H3/b12-11+. The minimum atomic E-state index is -0.118. The first kappa shape index (κ1) is 16.1. The summed E-state index contributed by atoms with van der Waals surface area (Å²) in [7, 11) is 1.85. The molecule has 0 unspecified atom stereocenters. The van der Waals surface area contributed by atoms with Crippen LogP contribution in [-0.2, 0) is 7.05 Å². The van der Waals surface area contributed by atoms with Crippen LogP contribution in [0.15, 0.2) is 66.6 Å². The molecule has 1 heterocycles. The SMILES string of the molecule is C=CSNc1cccc(/C=C/C(=O)c2nc3ccccc3n2C)c1. The van der Waals surface area contributed by atoms with Crippen molar-refractivity contribution in [3.8, 4) is 0 Å². The number of hydrogen-bond donors (Lipinski definition) is 1. The quantitative estimate of drug-likeness (QED) is 0.404. The van der Waals surface area contributed by atoms with Crippen molar-refractivity contribution in [2.45, 2.75) is 0 Å². The maximum Gasteiger partial charge on any atom is 0.221 e. The number of carbonyl (C=O) groups excluding carboxylic acids is 1. The molecule has 0 fully saturated rings. The van der Waals surface area contributed by atoms with Gasteiger partial charge in [0.05, 0.1) is 11.0 Å². The highest BCUT2D eigenvalue weighted by molar-refractivity contribution is 8.03. The topological polar surface area (TPSA) is 46.9 Å². The number of nitrogens with zero attached hydrogens (tertiary/aromatic N) is 2. The van der Waals surface area contributed by atoms with Crippen LogP contribution in [0.5, 0.6) is 0 Å². The van der Waals surface area contributed by atoms with Crippen LogP contribution >= 0.6 is 11.9 Å². The van der Waals surface area contributed by atoms with Crippen molar-refractivity contribution in [2.75, 3.05) is 4.72 Å². The Kier molecular flexibility index (Phi) is 4.82. The summed E-state index contributed by atoms with van der Waals surface area (Å²) in [4.78, 5) is 16.9. The third kappa shape index (κ3) is 3.41. The molecule has 0 saturated carbocycles. The Morgan fingerprint density at radius 2 is 2.08 bits per heavy atom. The van der Waals surface area contributed by atoms with E-state index >= 15 is 0 Å². The van der Waals surface area contributed by atoms with E-state index in [9.17, 15) is 4.79 Å². The van der Waals surface area contributed by atoms with Gasteiger partial charge in [-0.25, -0.2) is 4.98 Å². The van der Waals surface area contributed by atoms with Gasteiger partial charge in [-0.2, -0.15) is 0 Å². The van der Waals surface area contributed by atoms with Crippen molar-refractivity contribution >= 4 is 40.5 Å². The number of carbonyl (C=O) groups is 1. The smallest absolute Gasteiger partial charge is 0.221 e. The van der Waals surface area contributed by atoms with Gasteiger partial charge < -0.3 is 9.29 Å². The zero-order chi connectivity index (χ0) is 16.9. The predicted molar refractivity (Wildman–Crippen MR) is 102 cm³/mol. The summed E-state index contributed by atoms with van der Waals surface area (Å²) < 4.78 is 4.96. The number of aromatic nitrogens is 2. The Bertz CT molecular complexity index is 927. The van der Waals surface area contributed by atoms with Gasteiger partial charge in [0.1, 0.15) is 0 Å². The number of anilines is 1. The minimum Gasteiger partial charge on any atom is -0.326 e. The molecule has 0 aliphatic heterocycles. The van der Waals surface area contributed by atoms with Crippen LogP contribution in [0.4, 0.5) is 5.69 Å². The zero-order valence-corrected chi connectivity index (χ0v) is 14.1. The molecule has 0 spiro atoms. The second-order valence-corrected chi connectivity index (χ2v) is 5.97. The van der Waals surface area contributed by atoms with E-state index in [0.29, 0.717) is 5.82 Å². The fourth-order valence-electron chi connectivity index (χ4n) is 2.43. The van der Waals surface area contributed by atoms with E-state index in [2.05, 4.69) is 16.3 Å². The zero-order valence-electron chi connectivity index (χ0n) is 13.3. The molecule has 1 N–H and O–H groups in total. The van der Waals surface area contributed by atoms with Crippen LogP contribution in [0.25, 0.3) is 17.1 Å². The Morgan fingerprint density at radius 1 is 1.25 bits per heavy atom. The number of allylic oxidation sites excluding steroid dienone is 1. The van der Waals surface area contributed by atoms with Crippen molar-refractivity contribution in [2.24, 2.45) is 7.05 Å². The lowest BCUT2D eigenvalue weighted by Gasteiger charge is -2.03. The molecule has 2 aromatic carbocycles. The van der Waals surface area contributed by atoms with Crippen molar-refractivity contribution in [1.82, 2.24) is 9.55 Å².